The van der Waals surface area contributed by atoms with Gasteiger partial charge in [0.05, 0.1) is 0 Å². The Kier molecular flexibility index (Phi) is 0.277. The van der Waals surface area contributed by atoms with Gasteiger partial charge in [0.2, 0.25) is 0 Å². The summed E-state index contributed by atoms with van der Waals surface area (Å²) in [5.41, 5.74) is 1.63. The molecule has 21 heavy (non-hydrogen) atoms. The van der Waals surface area contributed by atoms with Crippen LogP contribution in [0.4, 0.5) is 0 Å². The van der Waals surface area contributed by atoms with Crippen LogP contribution < -0.4 is 0 Å². The molecule has 1 N–H and O–H groups in total. The van der Waals surface area contributed by atoms with Crippen molar-refractivity contribution in [3.63, 3.8) is 0 Å². The van der Waals surface area contributed by atoms with Crippen LogP contribution in [0.2, 0.25) is 42.8 Å². The SMILES string of the molecule is O=C=C(O)[C]12[CH]3[CH]4[C]5(c6ccccc6)[CH]1[Fe]34251678[CH]2[CH]1[CH]6[CH]7[CH]28. The van der Waals surface area contributed by atoms with Crippen molar-refractivity contribution in [1.29, 1.82) is 0 Å². The van der Waals surface area contributed by atoms with Crippen molar-refractivity contribution in [2.24, 2.45) is 0 Å². The maximum absolute atomic E-state index is 11.4. The molecule has 0 amide bonds. The molecular formula is C18H14FeO2. The molecule has 11 rings (SSSR count). The van der Waals surface area contributed by atoms with Crippen molar-refractivity contribution in [2.75, 3.05) is 0 Å². The zero-order valence-corrected chi connectivity index (χ0v) is 12.3. The van der Waals surface area contributed by atoms with Gasteiger partial charge in [-0.25, -0.2) is 0 Å². The summed E-state index contributed by atoms with van der Waals surface area (Å²) in [5, 5.41) is 10.6. The average molecular weight is 318 g/mol. The number of fused-ring (bicyclic) bond motifs is 10. The summed E-state index contributed by atoms with van der Waals surface area (Å²) in [6.45, 7) is -3.70. The Morgan fingerprint density at radius 1 is 1.05 bits per heavy atom. The van der Waals surface area contributed by atoms with Gasteiger partial charge in [0.25, 0.3) is 0 Å². The molecule has 1 aromatic rings. The number of aliphatic hydroxyl groups is 1. The second-order valence-electron chi connectivity index (χ2n) is 11.6. The normalized spacial score (nSPS) is 102. The number of benzene rings is 1. The molecular weight excluding hydrogens is 304 g/mol. The number of rotatable bonds is 2. The third-order valence-corrected chi connectivity index (χ3v) is 59.2. The summed E-state index contributed by atoms with van der Waals surface area (Å²) in [5.74, 6) is 2.24. The van der Waals surface area contributed by atoms with Crippen LogP contribution in [0.25, 0.3) is 0 Å². The predicted octanol–water partition coefficient (Wildman–Crippen LogP) is 4.13. The Bertz CT molecular complexity index is 1340. The van der Waals surface area contributed by atoms with Gasteiger partial charge in [-0.05, 0) is 0 Å². The van der Waals surface area contributed by atoms with Crippen molar-refractivity contribution < 1.29 is 16.4 Å². The van der Waals surface area contributed by atoms with E-state index in [1.54, 1.807) is 5.56 Å². The first-order valence-electron chi connectivity index (χ1n) is 8.23. The quantitative estimate of drug-likeness (QED) is 0.506. The van der Waals surface area contributed by atoms with Crippen LogP contribution in [-0.2, 0) is 15.6 Å². The molecule has 0 bridgehead atoms. The van der Waals surface area contributed by atoms with Crippen LogP contribution in [-0.4, -0.2) is 11.0 Å². The van der Waals surface area contributed by atoms with Gasteiger partial charge in [-0.3, -0.25) is 0 Å². The Balaban J connectivity index is 1.54. The average Bonchev–Trinajstić information content (AvgIpc) is 3.47. The molecule has 0 aliphatic carbocycles. The molecule has 2 nitrogen and oxygen atoms in total. The minimum absolute atomic E-state index is 0.117. The first-order chi connectivity index (χ1) is 10.0. The molecule has 106 valence electrons. The second-order valence-corrected chi connectivity index (χ2v) is 34.8. The van der Waals surface area contributed by atoms with Gasteiger partial charge >= 0.3 is 111 Å². The maximum atomic E-state index is 11.4. The predicted molar refractivity (Wildman–Crippen MR) is 72.6 cm³/mol. The van der Waals surface area contributed by atoms with Gasteiger partial charge in [-0.2, -0.15) is 0 Å². The van der Waals surface area contributed by atoms with E-state index < -0.39 is 6.51 Å². The Labute approximate surface area is 111 Å². The van der Waals surface area contributed by atoms with Crippen LogP contribution in [0.1, 0.15) is 5.56 Å². The Morgan fingerprint density at radius 3 is 2.14 bits per heavy atom. The van der Waals surface area contributed by atoms with Crippen molar-refractivity contribution in [1.82, 2.24) is 0 Å². The molecule has 0 aromatic heterocycles. The zero-order chi connectivity index (χ0) is 13.3. The fourth-order valence-corrected chi connectivity index (χ4v) is 94.6. The standard InChI is InChI=1S/C13H9O2.C5H5.Fe/c14-9-13(15)12-7-6-11(8-12)10-4-2-1-3-5-10;1-2-4-5-3-1;/h1-8,15H;1-5H;. The molecule has 10 aliphatic rings. The molecule has 10 saturated heterocycles. The molecule has 5 atom stereocenters. The van der Waals surface area contributed by atoms with E-state index in [0.717, 1.165) is 38.5 Å². The molecule has 1 spiro atoms. The van der Waals surface area contributed by atoms with E-state index in [9.17, 15) is 9.90 Å². The van der Waals surface area contributed by atoms with Gasteiger partial charge in [0, 0.05) is 0 Å². The van der Waals surface area contributed by atoms with Gasteiger partial charge in [-0.1, -0.05) is 0 Å². The summed E-state index contributed by atoms with van der Waals surface area (Å²) in [6, 6.07) is 11.3. The van der Waals surface area contributed by atoms with E-state index in [1.807, 2.05) is 5.94 Å². The van der Waals surface area contributed by atoms with Crippen molar-refractivity contribution >= 4 is 5.94 Å². The molecule has 5 unspecified atom stereocenters. The summed E-state index contributed by atoms with van der Waals surface area (Å²) in [7, 11) is 0. The molecule has 3 heteroatoms. The van der Waals surface area contributed by atoms with Gasteiger partial charge in [0.1, 0.15) is 0 Å². The number of hydrogen-bond donors (Lipinski definition) is 1. The van der Waals surface area contributed by atoms with E-state index in [0.29, 0.717) is 4.31 Å². The van der Waals surface area contributed by atoms with Crippen LogP contribution >= 0.6 is 0 Å². The van der Waals surface area contributed by atoms with E-state index in [1.165, 1.54) is 0 Å². The Hall–Kier alpha value is -1.01. The van der Waals surface area contributed by atoms with Crippen LogP contribution in [0.3, 0.4) is 0 Å². The van der Waals surface area contributed by atoms with Gasteiger partial charge in [-0.15, -0.1) is 0 Å². The summed E-state index contributed by atoms with van der Waals surface area (Å²) >= 11 is 0. The number of carbonyl (C=O) groups excluding carboxylic acids is 1. The topological polar surface area (TPSA) is 37.3 Å². The van der Waals surface area contributed by atoms with E-state index in [-0.39, 0.29) is 10.1 Å². The van der Waals surface area contributed by atoms with Crippen LogP contribution in [0.5, 0.6) is 0 Å². The van der Waals surface area contributed by atoms with Gasteiger partial charge in [0.15, 0.2) is 0 Å². The monoisotopic (exact) mass is 318 g/mol. The zero-order valence-electron chi connectivity index (χ0n) is 11.2. The van der Waals surface area contributed by atoms with E-state index in [2.05, 4.69) is 30.3 Å². The van der Waals surface area contributed by atoms with E-state index >= 15 is 0 Å². The molecule has 10 fully saturated rings. The molecule has 1 aromatic carbocycles. The third kappa shape index (κ3) is 0.0898. The number of allylic oxidation sites excluding steroid dienone is 1. The second kappa shape index (κ2) is 0.726. The van der Waals surface area contributed by atoms with E-state index in [4.69, 9.17) is 0 Å². The molecule has 0 radical (unpaired) electrons. The minimum atomic E-state index is -3.70. The Morgan fingerprint density at radius 2 is 1.67 bits per heavy atom. The third-order valence-electron chi connectivity index (χ3n) is 16.5. The summed E-state index contributed by atoms with van der Waals surface area (Å²) in [6.07, 6.45) is 0. The first kappa shape index (κ1) is 8.01. The van der Waals surface area contributed by atoms with Crippen molar-refractivity contribution in [3.8, 4) is 0 Å². The van der Waals surface area contributed by atoms with Crippen molar-refractivity contribution in [2.45, 2.75) is 47.2 Å². The fourth-order valence-electron chi connectivity index (χ4n) is 18.7. The summed E-state index contributed by atoms with van der Waals surface area (Å²) in [4.78, 5) is 19.5. The molecule has 10 heterocycles. The number of hydrogen-bond acceptors (Lipinski definition) is 2. The number of aliphatic hydroxyl groups excluding tert-OH is 1. The molecule has 10 aliphatic heterocycles. The van der Waals surface area contributed by atoms with Crippen LogP contribution in [0.15, 0.2) is 36.1 Å². The summed E-state index contributed by atoms with van der Waals surface area (Å²) < 4.78 is 0.687. The fraction of sp³-hybridized carbons (Fsp3) is 0.556. The van der Waals surface area contributed by atoms with Crippen molar-refractivity contribution in [3.05, 3.63) is 41.7 Å². The molecule has 0 saturated carbocycles. The van der Waals surface area contributed by atoms with Gasteiger partial charge < -0.3 is 0 Å². The van der Waals surface area contributed by atoms with Crippen LogP contribution in [0, 0.1) is 0 Å². The first-order valence-corrected chi connectivity index (χ1v) is 14.4.